The molecule has 0 atom stereocenters. The summed E-state index contributed by atoms with van der Waals surface area (Å²) in [4.78, 5) is 51.1. The zero-order valence-corrected chi connectivity index (χ0v) is 14.3. The number of carbonyl (C=O) groups is 4. The van der Waals surface area contributed by atoms with E-state index in [9.17, 15) is 24.3 Å². The Labute approximate surface area is 157 Å². The number of hydrogen-bond acceptors (Lipinski definition) is 6. The largest absolute Gasteiger partial charge is 0.507 e. The fourth-order valence-electron chi connectivity index (χ4n) is 3.29. The number of hydrogen-bond donors (Lipinski definition) is 2. The summed E-state index contributed by atoms with van der Waals surface area (Å²) in [6.45, 7) is 0. The van der Waals surface area contributed by atoms with Crippen molar-refractivity contribution in [3.8, 4) is 5.75 Å². The Kier molecular flexibility index (Phi) is 3.61. The summed E-state index contributed by atoms with van der Waals surface area (Å²) in [5.74, 6) is -3.33. The van der Waals surface area contributed by atoms with Gasteiger partial charge in [0.05, 0.1) is 22.4 Å². The molecule has 132 valence electrons. The van der Waals surface area contributed by atoms with Crippen LogP contribution < -0.4 is 5.73 Å². The molecule has 0 spiro atoms. The first-order valence-electron chi connectivity index (χ1n) is 7.84. The van der Waals surface area contributed by atoms with Crippen molar-refractivity contribution in [2.24, 2.45) is 5.73 Å². The maximum atomic E-state index is 13.0. The lowest BCUT2D eigenvalue weighted by Gasteiger charge is -2.24. The van der Waals surface area contributed by atoms with Crippen LogP contribution >= 0.6 is 11.6 Å². The van der Waals surface area contributed by atoms with Crippen LogP contribution in [0.4, 0.5) is 0 Å². The summed E-state index contributed by atoms with van der Waals surface area (Å²) in [7, 11) is 0. The standard InChI is InChI=1S/C20H10ClNO5/c21-15-13(17(24)8-4-1-2-5-9(8)18(15)25)14-16(22)19(26)10-6-3-7-11(23)12(10)20(14)27/h1-7,23H,22H2. The van der Waals surface area contributed by atoms with E-state index in [1.807, 2.05) is 0 Å². The van der Waals surface area contributed by atoms with Crippen molar-refractivity contribution in [3.63, 3.8) is 0 Å². The minimum atomic E-state index is -0.839. The Hall–Kier alpha value is -3.51. The number of aromatic hydroxyl groups is 1. The van der Waals surface area contributed by atoms with E-state index >= 15 is 0 Å². The molecule has 0 unspecified atom stereocenters. The number of ketones is 4. The molecule has 27 heavy (non-hydrogen) atoms. The maximum Gasteiger partial charge on any atom is 0.210 e. The SMILES string of the molecule is NC1=C(C2=C(Cl)C(=O)c3ccccc3C2=O)C(=O)c2c(O)cccc2C1=O. The van der Waals surface area contributed by atoms with Crippen molar-refractivity contribution >= 4 is 34.7 Å². The molecule has 7 heteroatoms. The highest BCUT2D eigenvalue weighted by atomic mass is 35.5. The molecule has 0 radical (unpaired) electrons. The number of benzene rings is 2. The third-order valence-corrected chi connectivity index (χ3v) is 4.93. The zero-order chi connectivity index (χ0) is 19.5. The average molecular weight is 380 g/mol. The first-order chi connectivity index (χ1) is 12.8. The average Bonchev–Trinajstić information content (AvgIpc) is 2.67. The molecule has 6 nitrogen and oxygen atoms in total. The molecule has 2 aliphatic carbocycles. The Bertz CT molecular complexity index is 1170. The monoisotopic (exact) mass is 379 g/mol. The molecular weight excluding hydrogens is 370 g/mol. The minimum absolute atomic E-state index is 0.0607. The second-order valence-electron chi connectivity index (χ2n) is 6.04. The molecular formula is C20H10ClNO5. The van der Waals surface area contributed by atoms with Gasteiger partial charge in [0.1, 0.15) is 10.8 Å². The first kappa shape index (κ1) is 16.9. The second-order valence-corrected chi connectivity index (χ2v) is 6.42. The molecule has 2 aromatic rings. The number of rotatable bonds is 1. The molecule has 0 amide bonds. The highest BCUT2D eigenvalue weighted by Crippen LogP contribution is 2.39. The predicted molar refractivity (Wildman–Crippen MR) is 96.0 cm³/mol. The summed E-state index contributed by atoms with van der Waals surface area (Å²) < 4.78 is 0. The van der Waals surface area contributed by atoms with Crippen molar-refractivity contribution < 1.29 is 24.3 Å². The Morgan fingerprint density at radius 2 is 1.30 bits per heavy atom. The molecule has 0 fully saturated rings. The van der Waals surface area contributed by atoms with Gasteiger partial charge in [-0.15, -0.1) is 0 Å². The van der Waals surface area contributed by atoms with Gasteiger partial charge in [-0.05, 0) is 12.1 Å². The van der Waals surface area contributed by atoms with Gasteiger partial charge in [-0.2, -0.15) is 0 Å². The van der Waals surface area contributed by atoms with Crippen molar-refractivity contribution in [1.82, 2.24) is 0 Å². The van der Waals surface area contributed by atoms with Gasteiger partial charge >= 0.3 is 0 Å². The fraction of sp³-hybridized carbons (Fsp3) is 0. The summed E-state index contributed by atoms with van der Waals surface area (Å²) in [5, 5.41) is 9.56. The number of nitrogens with two attached hydrogens (primary N) is 1. The van der Waals surface area contributed by atoms with Gasteiger partial charge in [0, 0.05) is 16.7 Å². The summed E-state index contributed by atoms with van der Waals surface area (Å²) in [5.41, 5.74) is 4.30. The lowest BCUT2D eigenvalue weighted by molar-refractivity contribution is 0.0953. The van der Waals surface area contributed by atoms with Gasteiger partial charge in [-0.25, -0.2) is 0 Å². The molecule has 0 aliphatic heterocycles. The molecule has 2 aromatic carbocycles. The van der Waals surface area contributed by atoms with E-state index in [1.54, 1.807) is 12.1 Å². The first-order valence-corrected chi connectivity index (χ1v) is 8.22. The molecule has 0 saturated heterocycles. The van der Waals surface area contributed by atoms with E-state index in [1.165, 1.54) is 30.3 Å². The van der Waals surface area contributed by atoms with Crippen molar-refractivity contribution in [3.05, 3.63) is 86.6 Å². The van der Waals surface area contributed by atoms with Crippen molar-refractivity contribution in [1.29, 1.82) is 0 Å². The van der Waals surface area contributed by atoms with Gasteiger partial charge in [0.15, 0.2) is 5.78 Å². The number of allylic oxidation sites excluding steroid dienone is 4. The maximum absolute atomic E-state index is 13.0. The number of Topliss-reactive ketones (excluding diaryl/α,β-unsaturated/α-hetero) is 4. The van der Waals surface area contributed by atoms with E-state index in [0.717, 1.165) is 0 Å². The Balaban J connectivity index is 2.00. The molecule has 0 bridgehead atoms. The van der Waals surface area contributed by atoms with Gasteiger partial charge in [0.25, 0.3) is 0 Å². The summed E-state index contributed by atoms with van der Waals surface area (Å²) in [6.07, 6.45) is 0. The van der Waals surface area contributed by atoms with Gasteiger partial charge in [-0.3, -0.25) is 19.2 Å². The number of phenolic OH excluding ortho intramolecular Hbond substituents is 1. The third kappa shape index (κ3) is 2.20. The van der Waals surface area contributed by atoms with Crippen LogP contribution in [0.25, 0.3) is 0 Å². The van der Waals surface area contributed by atoms with E-state index in [0.29, 0.717) is 0 Å². The number of carbonyl (C=O) groups excluding carboxylic acids is 4. The van der Waals surface area contributed by atoms with Crippen LogP contribution in [0.3, 0.4) is 0 Å². The Morgan fingerprint density at radius 3 is 1.96 bits per heavy atom. The molecule has 4 rings (SSSR count). The van der Waals surface area contributed by atoms with Crippen LogP contribution in [0.5, 0.6) is 5.75 Å². The van der Waals surface area contributed by atoms with Crippen molar-refractivity contribution in [2.45, 2.75) is 0 Å². The van der Waals surface area contributed by atoms with Crippen LogP contribution in [0.1, 0.15) is 41.4 Å². The lowest BCUT2D eigenvalue weighted by Crippen LogP contribution is -2.31. The fourth-order valence-corrected chi connectivity index (χ4v) is 3.57. The normalized spacial score (nSPS) is 16.6. The molecule has 0 aromatic heterocycles. The molecule has 3 N–H and O–H groups in total. The Morgan fingerprint density at radius 1 is 0.704 bits per heavy atom. The quantitative estimate of drug-likeness (QED) is 0.786. The number of fused-ring (bicyclic) bond motifs is 2. The van der Waals surface area contributed by atoms with Crippen LogP contribution in [0.15, 0.2) is 64.3 Å². The zero-order valence-electron chi connectivity index (χ0n) is 13.6. The molecule has 2 aliphatic rings. The van der Waals surface area contributed by atoms with Crippen LogP contribution in [0.2, 0.25) is 0 Å². The predicted octanol–water partition coefficient (Wildman–Crippen LogP) is 2.56. The third-order valence-electron chi connectivity index (χ3n) is 4.57. The molecule has 0 saturated carbocycles. The number of phenols is 1. The van der Waals surface area contributed by atoms with E-state index in [2.05, 4.69) is 0 Å². The minimum Gasteiger partial charge on any atom is -0.507 e. The molecule has 0 heterocycles. The van der Waals surface area contributed by atoms with E-state index < -0.39 is 50.8 Å². The topological polar surface area (TPSA) is 115 Å². The van der Waals surface area contributed by atoms with Gasteiger partial charge in [-0.1, -0.05) is 41.9 Å². The highest BCUT2D eigenvalue weighted by molar-refractivity contribution is 6.52. The lowest BCUT2D eigenvalue weighted by atomic mass is 9.78. The van der Waals surface area contributed by atoms with E-state index in [-0.39, 0.29) is 22.3 Å². The highest BCUT2D eigenvalue weighted by Gasteiger charge is 2.41. The smallest absolute Gasteiger partial charge is 0.210 e. The van der Waals surface area contributed by atoms with E-state index in [4.69, 9.17) is 17.3 Å². The van der Waals surface area contributed by atoms with Crippen LogP contribution in [0, 0.1) is 0 Å². The van der Waals surface area contributed by atoms with Crippen LogP contribution in [-0.4, -0.2) is 28.2 Å². The van der Waals surface area contributed by atoms with Crippen molar-refractivity contribution in [2.75, 3.05) is 0 Å². The summed E-state index contributed by atoms with van der Waals surface area (Å²) >= 11 is 6.13. The van der Waals surface area contributed by atoms with Crippen LogP contribution in [-0.2, 0) is 0 Å². The number of halogens is 1. The second kappa shape index (κ2) is 5.75. The van der Waals surface area contributed by atoms with Gasteiger partial charge in [0.2, 0.25) is 17.3 Å². The van der Waals surface area contributed by atoms with Gasteiger partial charge < -0.3 is 10.8 Å². The summed E-state index contributed by atoms with van der Waals surface area (Å²) in [6, 6.07) is 10.00.